The molecule has 3 rings (SSSR count). The molecule has 3 nitrogen and oxygen atoms in total. The van der Waals surface area contributed by atoms with Crippen LogP contribution in [0.25, 0.3) is 0 Å². The fourth-order valence-electron chi connectivity index (χ4n) is 2.17. The molecule has 0 atom stereocenters. The zero-order chi connectivity index (χ0) is 15.9. The highest BCUT2D eigenvalue weighted by Crippen LogP contribution is 2.36. The molecule has 0 aliphatic heterocycles. The van der Waals surface area contributed by atoms with E-state index in [4.69, 9.17) is 9.47 Å². The van der Waals surface area contributed by atoms with Gasteiger partial charge >= 0.3 is 0 Å². The standard InChI is InChI=1S/C20H17O3/c21-18-12-7-13-19(22-14-16-8-3-1-4-9-16)20(18)23-15-17-10-5-2-6-11-17/h1-11,13,21H,14-15H2. The van der Waals surface area contributed by atoms with E-state index < -0.39 is 0 Å². The van der Waals surface area contributed by atoms with Gasteiger partial charge in [-0.15, -0.1) is 0 Å². The first-order chi connectivity index (χ1) is 11.3. The van der Waals surface area contributed by atoms with Gasteiger partial charge < -0.3 is 14.6 Å². The Balaban J connectivity index is 1.71. The molecule has 0 amide bonds. The summed E-state index contributed by atoms with van der Waals surface area (Å²) in [5.74, 6) is 0.764. The van der Waals surface area contributed by atoms with Crippen molar-refractivity contribution in [1.29, 1.82) is 0 Å². The Kier molecular flexibility index (Phi) is 4.79. The molecular weight excluding hydrogens is 288 g/mol. The summed E-state index contributed by atoms with van der Waals surface area (Å²) in [6.07, 6.45) is 0. The maximum absolute atomic E-state index is 10.0. The third-order valence-corrected chi connectivity index (χ3v) is 3.36. The Morgan fingerprint density at radius 1 is 0.739 bits per heavy atom. The molecule has 0 spiro atoms. The van der Waals surface area contributed by atoms with E-state index in [1.165, 1.54) is 0 Å². The molecule has 0 heterocycles. The van der Waals surface area contributed by atoms with E-state index in [1.807, 2.05) is 60.7 Å². The van der Waals surface area contributed by atoms with Crippen molar-refractivity contribution >= 4 is 0 Å². The average molecular weight is 305 g/mol. The Morgan fingerprint density at radius 3 is 1.91 bits per heavy atom. The number of aromatic hydroxyl groups is 1. The monoisotopic (exact) mass is 305 g/mol. The molecule has 3 aromatic carbocycles. The summed E-state index contributed by atoms with van der Waals surface area (Å²) in [7, 11) is 0. The van der Waals surface area contributed by atoms with Gasteiger partial charge in [0.25, 0.3) is 0 Å². The van der Waals surface area contributed by atoms with E-state index in [1.54, 1.807) is 12.1 Å². The fourth-order valence-corrected chi connectivity index (χ4v) is 2.17. The van der Waals surface area contributed by atoms with Crippen molar-refractivity contribution in [2.45, 2.75) is 13.2 Å². The molecule has 115 valence electrons. The van der Waals surface area contributed by atoms with Gasteiger partial charge in [-0.3, -0.25) is 0 Å². The van der Waals surface area contributed by atoms with Gasteiger partial charge in [0.1, 0.15) is 13.2 Å². The largest absolute Gasteiger partial charge is 0.504 e. The summed E-state index contributed by atoms with van der Waals surface area (Å²) in [6.45, 7) is 0.764. The molecule has 3 aromatic rings. The lowest BCUT2D eigenvalue weighted by atomic mass is 10.2. The van der Waals surface area contributed by atoms with Crippen molar-refractivity contribution in [3.63, 3.8) is 0 Å². The SMILES string of the molecule is Oc1[c]ccc(OCc2ccccc2)c1OCc1ccccc1. The Bertz CT molecular complexity index is 739. The smallest absolute Gasteiger partial charge is 0.204 e. The number of hydrogen-bond donors (Lipinski definition) is 1. The van der Waals surface area contributed by atoms with Crippen molar-refractivity contribution < 1.29 is 14.6 Å². The van der Waals surface area contributed by atoms with Crippen molar-refractivity contribution in [2.24, 2.45) is 0 Å². The van der Waals surface area contributed by atoms with Crippen LogP contribution in [0, 0.1) is 6.07 Å². The molecule has 0 saturated carbocycles. The number of ether oxygens (including phenoxy) is 2. The van der Waals surface area contributed by atoms with Crippen molar-refractivity contribution in [3.05, 3.63) is 90.0 Å². The molecular formula is C20H17O3. The first-order valence-corrected chi connectivity index (χ1v) is 7.40. The zero-order valence-corrected chi connectivity index (χ0v) is 12.6. The van der Waals surface area contributed by atoms with Crippen molar-refractivity contribution in [2.75, 3.05) is 0 Å². The van der Waals surface area contributed by atoms with Crippen LogP contribution in [0.3, 0.4) is 0 Å². The molecule has 0 fully saturated rings. The minimum atomic E-state index is -0.0495. The second-order valence-corrected chi connectivity index (χ2v) is 5.07. The van der Waals surface area contributed by atoms with Gasteiger partial charge in [0.15, 0.2) is 11.5 Å². The number of phenolic OH excluding ortho intramolecular Hbond substituents is 1. The predicted molar refractivity (Wildman–Crippen MR) is 88.5 cm³/mol. The summed E-state index contributed by atoms with van der Waals surface area (Å²) < 4.78 is 11.5. The molecule has 0 aromatic heterocycles. The van der Waals surface area contributed by atoms with E-state index in [0.29, 0.717) is 24.7 Å². The summed E-state index contributed by atoms with van der Waals surface area (Å²) in [6, 6.07) is 25.7. The van der Waals surface area contributed by atoms with Crippen LogP contribution in [-0.4, -0.2) is 5.11 Å². The van der Waals surface area contributed by atoms with E-state index in [-0.39, 0.29) is 5.75 Å². The van der Waals surface area contributed by atoms with Crippen LogP contribution in [0.1, 0.15) is 11.1 Å². The van der Waals surface area contributed by atoms with Crippen LogP contribution >= 0.6 is 0 Å². The highest BCUT2D eigenvalue weighted by molar-refractivity contribution is 5.49. The highest BCUT2D eigenvalue weighted by Gasteiger charge is 2.11. The number of rotatable bonds is 6. The van der Waals surface area contributed by atoms with Crippen LogP contribution in [0.5, 0.6) is 17.2 Å². The van der Waals surface area contributed by atoms with Gasteiger partial charge in [-0.05, 0) is 23.3 Å². The van der Waals surface area contributed by atoms with Crippen molar-refractivity contribution in [1.82, 2.24) is 0 Å². The fraction of sp³-hybridized carbons (Fsp3) is 0.100. The van der Waals surface area contributed by atoms with Gasteiger partial charge in [0.05, 0.1) is 0 Å². The van der Waals surface area contributed by atoms with Gasteiger partial charge in [-0.1, -0.05) is 60.7 Å². The van der Waals surface area contributed by atoms with Crippen LogP contribution in [0.2, 0.25) is 0 Å². The van der Waals surface area contributed by atoms with Gasteiger partial charge in [0.2, 0.25) is 5.75 Å². The number of hydrogen-bond acceptors (Lipinski definition) is 3. The van der Waals surface area contributed by atoms with Gasteiger partial charge in [0, 0.05) is 6.07 Å². The third-order valence-electron chi connectivity index (χ3n) is 3.36. The summed E-state index contributed by atoms with van der Waals surface area (Å²) in [5.41, 5.74) is 2.07. The minimum absolute atomic E-state index is 0.0495. The maximum Gasteiger partial charge on any atom is 0.204 e. The van der Waals surface area contributed by atoms with Crippen molar-refractivity contribution in [3.8, 4) is 17.2 Å². The Labute approximate surface area is 135 Å². The lowest BCUT2D eigenvalue weighted by molar-refractivity contribution is 0.246. The molecule has 0 aliphatic rings. The first-order valence-electron chi connectivity index (χ1n) is 7.40. The molecule has 0 bridgehead atoms. The van der Waals surface area contributed by atoms with Gasteiger partial charge in [-0.25, -0.2) is 0 Å². The zero-order valence-electron chi connectivity index (χ0n) is 12.6. The molecule has 0 unspecified atom stereocenters. The summed E-state index contributed by atoms with van der Waals surface area (Å²) in [4.78, 5) is 0. The lowest BCUT2D eigenvalue weighted by Gasteiger charge is -2.14. The molecule has 1 N–H and O–H groups in total. The van der Waals surface area contributed by atoms with Crippen LogP contribution < -0.4 is 9.47 Å². The normalized spacial score (nSPS) is 10.3. The minimum Gasteiger partial charge on any atom is -0.504 e. The lowest BCUT2D eigenvalue weighted by Crippen LogP contribution is -2.00. The highest BCUT2D eigenvalue weighted by atomic mass is 16.5. The quantitative estimate of drug-likeness (QED) is 0.736. The van der Waals surface area contributed by atoms with E-state index in [9.17, 15) is 5.11 Å². The van der Waals surface area contributed by atoms with E-state index >= 15 is 0 Å². The van der Waals surface area contributed by atoms with E-state index in [0.717, 1.165) is 11.1 Å². The second kappa shape index (κ2) is 7.36. The summed E-state index contributed by atoms with van der Waals surface area (Å²) in [5, 5.41) is 10.0. The average Bonchev–Trinajstić information content (AvgIpc) is 2.61. The molecule has 3 heteroatoms. The molecule has 23 heavy (non-hydrogen) atoms. The van der Waals surface area contributed by atoms with Gasteiger partial charge in [-0.2, -0.15) is 0 Å². The number of benzene rings is 3. The first kappa shape index (κ1) is 15.0. The van der Waals surface area contributed by atoms with Crippen LogP contribution in [-0.2, 0) is 13.2 Å². The topological polar surface area (TPSA) is 38.7 Å². The second-order valence-electron chi connectivity index (χ2n) is 5.07. The number of phenols is 1. The molecule has 0 saturated heterocycles. The molecule has 1 radical (unpaired) electrons. The predicted octanol–water partition coefficient (Wildman–Crippen LogP) is 4.35. The van der Waals surface area contributed by atoms with E-state index in [2.05, 4.69) is 6.07 Å². The Hall–Kier alpha value is -2.94. The third kappa shape index (κ3) is 4.04. The molecule has 0 aliphatic carbocycles. The van der Waals surface area contributed by atoms with Crippen LogP contribution in [0.4, 0.5) is 0 Å². The van der Waals surface area contributed by atoms with Crippen LogP contribution in [0.15, 0.2) is 72.8 Å². The maximum atomic E-state index is 10.0. The Morgan fingerprint density at radius 2 is 1.30 bits per heavy atom. The summed E-state index contributed by atoms with van der Waals surface area (Å²) >= 11 is 0.